The summed E-state index contributed by atoms with van der Waals surface area (Å²) in [7, 11) is 8.00. The molecular formula is C14H22B4ClN3O. The lowest BCUT2D eigenvalue weighted by atomic mass is 9.32. The monoisotopic (exact) mass is 327 g/mol. The number of fused-ring (bicyclic) bond motifs is 1. The third-order valence-corrected chi connectivity index (χ3v) is 5.58. The second-order valence-electron chi connectivity index (χ2n) is 7.92. The first-order chi connectivity index (χ1) is 10.7. The predicted molar refractivity (Wildman–Crippen MR) is 105 cm³/mol. The molecule has 4 nitrogen and oxygen atoms in total. The van der Waals surface area contributed by atoms with Crippen molar-refractivity contribution in [1.82, 2.24) is 14.5 Å². The van der Waals surface area contributed by atoms with Crippen molar-refractivity contribution in [1.29, 1.82) is 0 Å². The lowest BCUT2D eigenvalue weighted by Crippen LogP contribution is -2.45. The molecule has 0 radical (unpaired) electrons. The molecule has 0 bridgehead atoms. The summed E-state index contributed by atoms with van der Waals surface area (Å²) >= 11 is 6.13. The van der Waals surface area contributed by atoms with Gasteiger partial charge in [0.2, 0.25) is 0 Å². The molecule has 0 aliphatic heterocycles. The zero-order chi connectivity index (χ0) is 16.8. The van der Waals surface area contributed by atoms with Gasteiger partial charge in [-0.2, -0.15) is 0 Å². The van der Waals surface area contributed by atoms with Crippen LogP contribution in [0.3, 0.4) is 0 Å². The third kappa shape index (κ3) is 2.96. The van der Waals surface area contributed by atoms with Crippen LogP contribution in [0.5, 0.6) is 0 Å². The van der Waals surface area contributed by atoms with Crippen LogP contribution in [0.4, 0.5) is 0 Å². The van der Waals surface area contributed by atoms with Gasteiger partial charge in [-0.1, -0.05) is 36.0 Å². The van der Waals surface area contributed by atoms with Gasteiger partial charge in [0, 0.05) is 12.1 Å². The van der Waals surface area contributed by atoms with Gasteiger partial charge < -0.3 is 9.67 Å². The van der Waals surface area contributed by atoms with E-state index in [0.717, 1.165) is 29.7 Å². The number of imidazole rings is 1. The lowest BCUT2D eigenvalue weighted by Gasteiger charge is -2.39. The van der Waals surface area contributed by atoms with E-state index in [-0.39, 0.29) is 5.11 Å². The summed E-state index contributed by atoms with van der Waals surface area (Å²) < 4.78 is 2.23. The number of hydrogen-bond acceptors (Lipinski definition) is 3. The summed E-state index contributed by atoms with van der Waals surface area (Å²) in [5, 5.41) is 11.4. The Morgan fingerprint density at radius 1 is 1.17 bits per heavy atom. The number of nitrogens with zero attached hydrogens (tertiary/aromatic N) is 3. The SMILES string of the molecule is BC(B)(B)C(B)(O)c1nc2cnc(Cl)cc2n1C1CCCCC1. The van der Waals surface area contributed by atoms with Gasteiger partial charge in [0.05, 0.1) is 40.8 Å². The van der Waals surface area contributed by atoms with Crippen molar-refractivity contribution in [2.45, 2.75) is 48.8 Å². The molecule has 1 unspecified atom stereocenters. The molecule has 1 aliphatic rings. The van der Waals surface area contributed by atoms with Crippen molar-refractivity contribution in [2.24, 2.45) is 0 Å². The fourth-order valence-corrected chi connectivity index (χ4v) is 3.51. The summed E-state index contributed by atoms with van der Waals surface area (Å²) in [6.07, 6.45) is 7.69. The molecule has 0 saturated heterocycles. The van der Waals surface area contributed by atoms with Crippen molar-refractivity contribution >= 4 is 54.0 Å². The van der Waals surface area contributed by atoms with Crippen LogP contribution in [-0.4, -0.2) is 51.0 Å². The summed E-state index contributed by atoms with van der Waals surface area (Å²) in [4.78, 5) is 8.92. The first kappa shape index (κ1) is 17.0. The van der Waals surface area contributed by atoms with Crippen LogP contribution >= 0.6 is 11.6 Å². The minimum absolute atomic E-state index is 0.321. The van der Waals surface area contributed by atoms with E-state index in [1.807, 2.05) is 37.5 Å². The van der Waals surface area contributed by atoms with Crippen LogP contribution in [0, 0.1) is 0 Å². The smallest absolute Gasteiger partial charge is 0.150 e. The molecular weight excluding hydrogens is 305 g/mol. The quantitative estimate of drug-likeness (QED) is 0.602. The number of halogens is 1. The number of aromatic nitrogens is 3. The van der Waals surface area contributed by atoms with Crippen LogP contribution in [0.1, 0.15) is 44.0 Å². The maximum absolute atomic E-state index is 11.3. The highest BCUT2D eigenvalue weighted by molar-refractivity contribution is 6.62. The van der Waals surface area contributed by atoms with Crippen LogP contribution < -0.4 is 0 Å². The van der Waals surface area contributed by atoms with Crippen LogP contribution in [-0.2, 0) is 5.50 Å². The van der Waals surface area contributed by atoms with E-state index in [9.17, 15) is 5.11 Å². The Morgan fingerprint density at radius 2 is 1.83 bits per heavy atom. The van der Waals surface area contributed by atoms with E-state index in [1.165, 1.54) is 19.3 Å². The van der Waals surface area contributed by atoms with Gasteiger partial charge in [-0.15, -0.1) is 0 Å². The highest BCUT2D eigenvalue weighted by atomic mass is 35.5. The topological polar surface area (TPSA) is 50.9 Å². The molecule has 2 aromatic heterocycles. The second kappa shape index (κ2) is 5.89. The maximum Gasteiger partial charge on any atom is 0.150 e. The number of pyridine rings is 1. The zero-order valence-corrected chi connectivity index (χ0v) is 15.2. The Kier molecular flexibility index (Phi) is 4.34. The molecule has 118 valence electrons. The minimum Gasteiger partial charge on any atom is -0.393 e. The molecule has 1 atom stereocenters. The first-order valence-corrected chi connectivity index (χ1v) is 8.86. The standard InChI is InChI=1S/C14H22B4ClN3O/c15-13(23,14(16,17)18)12-21-9-7-20-11(19)6-10(9)22(12)8-4-2-1-3-5-8/h6-8,23H,1-5,15-18H2. The molecule has 1 N–H and O–H groups in total. The van der Waals surface area contributed by atoms with Crippen molar-refractivity contribution in [3.63, 3.8) is 0 Å². The molecule has 9 heteroatoms. The average molecular weight is 327 g/mol. The van der Waals surface area contributed by atoms with E-state index in [0.29, 0.717) is 11.2 Å². The molecule has 0 aromatic carbocycles. The number of rotatable bonds is 3. The molecule has 1 aliphatic carbocycles. The van der Waals surface area contributed by atoms with Gasteiger partial charge in [-0.25, -0.2) is 9.97 Å². The summed E-state index contributed by atoms with van der Waals surface area (Å²) in [5.74, 6) is 0.732. The molecule has 1 saturated carbocycles. The minimum atomic E-state index is -1.03. The van der Waals surface area contributed by atoms with Crippen molar-refractivity contribution in [3.05, 3.63) is 23.2 Å². The third-order valence-electron chi connectivity index (χ3n) is 5.38. The molecule has 2 heterocycles. The number of hydrogen-bond donors (Lipinski definition) is 1. The number of aliphatic hydroxyl groups is 1. The van der Waals surface area contributed by atoms with E-state index in [4.69, 9.17) is 16.6 Å². The molecule has 0 amide bonds. The highest BCUT2D eigenvalue weighted by Gasteiger charge is 2.41. The fraction of sp³-hybridized carbons (Fsp3) is 0.571. The molecule has 3 rings (SSSR count). The van der Waals surface area contributed by atoms with Gasteiger partial charge in [-0.05, 0) is 12.8 Å². The Morgan fingerprint density at radius 3 is 2.43 bits per heavy atom. The van der Waals surface area contributed by atoms with Gasteiger partial charge in [0.15, 0.2) is 7.85 Å². The fourth-order valence-electron chi connectivity index (χ4n) is 3.36. The van der Waals surface area contributed by atoms with Gasteiger partial charge >= 0.3 is 0 Å². The Bertz CT molecular complexity index is 723. The Labute approximate surface area is 146 Å². The van der Waals surface area contributed by atoms with Gasteiger partial charge in [0.1, 0.15) is 16.5 Å². The van der Waals surface area contributed by atoms with Crippen molar-refractivity contribution in [3.8, 4) is 0 Å². The van der Waals surface area contributed by atoms with Crippen LogP contribution in [0.25, 0.3) is 11.0 Å². The zero-order valence-electron chi connectivity index (χ0n) is 14.4. The molecule has 1 fully saturated rings. The van der Waals surface area contributed by atoms with Gasteiger partial charge in [-0.3, -0.25) is 0 Å². The highest BCUT2D eigenvalue weighted by Crippen LogP contribution is 2.40. The van der Waals surface area contributed by atoms with Crippen molar-refractivity contribution < 1.29 is 5.11 Å². The normalized spacial score (nSPS) is 19.7. The predicted octanol–water partition coefficient (Wildman–Crippen LogP) is -0.659. The van der Waals surface area contributed by atoms with Gasteiger partial charge in [0.25, 0.3) is 0 Å². The van der Waals surface area contributed by atoms with Crippen molar-refractivity contribution in [2.75, 3.05) is 0 Å². The second-order valence-corrected chi connectivity index (χ2v) is 8.30. The average Bonchev–Trinajstić information content (AvgIpc) is 2.86. The Hall–Kier alpha value is -0.870. The Balaban J connectivity index is 2.24. The molecule has 2 aromatic rings. The van der Waals surface area contributed by atoms with Crippen LogP contribution in [0.15, 0.2) is 12.3 Å². The maximum atomic E-state index is 11.3. The largest absolute Gasteiger partial charge is 0.393 e. The first-order valence-electron chi connectivity index (χ1n) is 8.48. The van der Waals surface area contributed by atoms with E-state index >= 15 is 0 Å². The summed E-state index contributed by atoms with van der Waals surface area (Å²) in [5.41, 5.74) is 0.756. The van der Waals surface area contributed by atoms with Crippen LogP contribution in [0.2, 0.25) is 10.3 Å². The van der Waals surface area contributed by atoms with E-state index in [1.54, 1.807) is 6.20 Å². The van der Waals surface area contributed by atoms with E-state index < -0.39 is 5.50 Å². The molecule has 0 spiro atoms. The molecule has 23 heavy (non-hydrogen) atoms. The summed E-state index contributed by atoms with van der Waals surface area (Å²) in [6.45, 7) is 0. The summed E-state index contributed by atoms with van der Waals surface area (Å²) in [6, 6.07) is 2.25. The van der Waals surface area contributed by atoms with E-state index in [2.05, 4.69) is 9.55 Å². The lowest BCUT2D eigenvalue weighted by molar-refractivity contribution is 0.111.